The number of rotatable bonds is 9. The Balaban J connectivity index is 1.46. The molecule has 2 aliphatic heterocycles. The molecule has 0 radical (unpaired) electrons. The minimum Gasteiger partial charge on any atom is -0.454 e. The number of nitrogens with zero attached hydrogens (tertiary/aromatic N) is 3. The van der Waals surface area contributed by atoms with Gasteiger partial charge in [-0.25, -0.2) is 4.98 Å². The number of anilines is 1. The number of hydrogen-bond donors (Lipinski definition) is 0. The number of morpholine rings is 1. The van der Waals surface area contributed by atoms with E-state index in [2.05, 4.69) is 23.6 Å². The number of carbonyl (C=O) groups excluding carboxylic acids is 1. The van der Waals surface area contributed by atoms with Gasteiger partial charge in [0.1, 0.15) is 5.82 Å². The smallest absolute Gasteiger partial charge is 0.231 e. The lowest BCUT2D eigenvalue weighted by Gasteiger charge is -2.31. The van der Waals surface area contributed by atoms with Gasteiger partial charge in [-0.15, -0.1) is 6.58 Å². The monoisotopic (exact) mass is 477 g/mol. The molecule has 0 spiro atoms. The first-order valence-corrected chi connectivity index (χ1v) is 12.8. The number of pyridine rings is 1. The van der Waals surface area contributed by atoms with Crippen LogP contribution in [0.5, 0.6) is 11.5 Å². The van der Waals surface area contributed by atoms with Crippen molar-refractivity contribution in [3.05, 3.63) is 48.1 Å². The van der Waals surface area contributed by atoms with Gasteiger partial charge in [0, 0.05) is 49.6 Å². The van der Waals surface area contributed by atoms with Crippen molar-refractivity contribution in [2.24, 2.45) is 0 Å². The van der Waals surface area contributed by atoms with Gasteiger partial charge < -0.3 is 24.0 Å². The molecule has 1 saturated heterocycles. The van der Waals surface area contributed by atoms with Crippen LogP contribution in [0.4, 0.5) is 5.82 Å². The lowest BCUT2D eigenvalue weighted by atomic mass is 9.97. The molecule has 0 unspecified atom stereocenters. The van der Waals surface area contributed by atoms with Crippen molar-refractivity contribution in [1.82, 2.24) is 9.88 Å². The summed E-state index contributed by atoms with van der Waals surface area (Å²) >= 11 is 0. The first kappa shape index (κ1) is 23.7. The molecule has 0 saturated carbocycles. The summed E-state index contributed by atoms with van der Waals surface area (Å²) in [7, 11) is 0. The van der Waals surface area contributed by atoms with E-state index in [4.69, 9.17) is 19.2 Å². The highest BCUT2D eigenvalue weighted by molar-refractivity contribution is 5.86. The predicted octanol–water partition coefficient (Wildman–Crippen LogP) is 4.99. The second-order valence-corrected chi connectivity index (χ2v) is 9.47. The minimum atomic E-state index is 0.167. The van der Waals surface area contributed by atoms with Crippen molar-refractivity contribution in [1.29, 1.82) is 0 Å². The third-order valence-corrected chi connectivity index (χ3v) is 7.04. The van der Waals surface area contributed by atoms with Gasteiger partial charge >= 0.3 is 0 Å². The first-order chi connectivity index (χ1) is 17.2. The van der Waals surface area contributed by atoms with E-state index in [0.29, 0.717) is 32.6 Å². The Morgan fingerprint density at radius 3 is 2.74 bits per heavy atom. The Labute approximate surface area is 207 Å². The summed E-state index contributed by atoms with van der Waals surface area (Å²) in [5.74, 6) is 2.57. The van der Waals surface area contributed by atoms with Gasteiger partial charge in [0.05, 0.1) is 18.7 Å². The number of ether oxygens (including phenoxy) is 3. The van der Waals surface area contributed by atoms with E-state index in [9.17, 15) is 4.79 Å². The molecule has 1 aliphatic carbocycles. The lowest BCUT2D eigenvalue weighted by Crippen LogP contribution is -2.38. The molecule has 7 nitrogen and oxygen atoms in total. The SMILES string of the molecule is C=CCCC(=O)N(CCC1=CCCCC1)Cc1cc2cc3c(cc2nc1N1CCOCC1)OCO3. The molecule has 1 fully saturated rings. The topological polar surface area (TPSA) is 64.1 Å². The maximum absolute atomic E-state index is 13.3. The Bertz CT molecular complexity index is 1110. The second-order valence-electron chi connectivity index (χ2n) is 9.47. The van der Waals surface area contributed by atoms with E-state index in [0.717, 1.165) is 72.7 Å². The largest absolute Gasteiger partial charge is 0.454 e. The van der Waals surface area contributed by atoms with E-state index in [1.807, 2.05) is 23.1 Å². The molecule has 0 N–H and O–H groups in total. The van der Waals surface area contributed by atoms with Crippen molar-refractivity contribution in [2.45, 2.75) is 51.5 Å². The zero-order chi connectivity index (χ0) is 24.0. The third kappa shape index (κ3) is 5.61. The molecule has 0 bridgehead atoms. The van der Waals surface area contributed by atoms with E-state index >= 15 is 0 Å². The molecule has 5 rings (SSSR count). The van der Waals surface area contributed by atoms with Crippen molar-refractivity contribution < 1.29 is 19.0 Å². The highest BCUT2D eigenvalue weighted by Gasteiger charge is 2.23. The number of allylic oxidation sites excluding steroid dienone is 2. The molecule has 1 aromatic heterocycles. The molecular formula is C28H35N3O4. The van der Waals surface area contributed by atoms with Gasteiger partial charge in [-0.3, -0.25) is 4.79 Å². The van der Waals surface area contributed by atoms with Crippen LogP contribution in [0.15, 0.2) is 42.5 Å². The van der Waals surface area contributed by atoms with Crippen LogP contribution in [-0.4, -0.2) is 55.4 Å². The van der Waals surface area contributed by atoms with Gasteiger partial charge in [-0.2, -0.15) is 0 Å². The Morgan fingerprint density at radius 1 is 1.14 bits per heavy atom. The molecule has 0 atom stereocenters. The molecule has 3 aliphatic rings. The molecule has 1 aromatic carbocycles. The van der Waals surface area contributed by atoms with Gasteiger partial charge in [0.25, 0.3) is 0 Å². The summed E-state index contributed by atoms with van der Waals surface area (Å²) in [6.45, 7) is 8.22. The summed E-state index contributed by atoms with van der Waals surface area (Å²) in [5, 5.41) is 0.995. The normalized spacial score (nSPS) is 17.4. The zero-order valence-corrected chi connectivity index (χ0v) is 20.5. The van der Waals surface area contributed by atoms with Crippen LogP contribution in [0, 0.1) is 0 Å². The summed E-state index contributed by atoms with van der Waals surface area (Å²) in [4.78, 5) is 22.6. The van der Waals surface area contributed by atoms with Crippen molar-refractivity contribution >= 4 is 22.6 Å². The van der Waals surface area contributed by atoms with Crippen LogP contribution >= 0.6 is 0 Å². The average molecular weight is 478 g/mol. The number of fused-ring (bicyclic) bond motifs is 2. The molecule has 3 heterocycles. The molecule has 186 valence electrons. The molecular weight excluding hydrogens is 442 g/mol. The minimum absolute atomic E-state index is 0.167. The van der Waals surface area contributed by atoms with Crippen LogP contribution in [0.3, 0.4) is 0 Å². The molecule has 35 heavy (non-hydrogen) atoms. The van der Waals surface area contributed by atoms with Crippen molar-refractivity contribution in [3.63, 3.8) is 0 Å². The lowest BCUT2D eigenvalue weighted by molar-refractivity contribution is -0.131. The maximum atomic E-state index is 13.3. The fourth-order valence-electron chi connectivity index (χ4n) is 5.05. The van der Waals surface area contributed by atoms with E-state index in [-0.39, 0.29) is 12.7 Å². The summed E-state index contributed by atoms with van der Waals surface area (Å²) in [6, 6.07) is 6.12. The van der Waals surface area contributed by atoms with Gasteiger partial charge in [-0.1, -0.05) is 17.7 Å². The van der Waals surface area contributed by atoms with Crippen LogP contribution in [0.2, 0.25) is 0 Å². The van der Waals surface area contributed by atoms with Crippen molar-refractivity contribution in [3.8, 4) is 11.5 Å². The van der Waals surface area contributed by atoms with Gasteiger partial charge in [0.2, 0.25) is 12.7 Å². The molecule has 1 amide bonds. The summed E-state index contributed by atoms with van der Waals surface area (Å²) in [6.07, 6.45) is 11.1. The van der Waals surface area contributed by atoms with Gasteiger partial charge in [0.15, 0.2) is 11.5 Å². The predicted molar refractivity (Wildman–Crippen MR) is 137 cm³/mol. The zero-order valence-electron chi connectivity index (χ0n) is 20.5. The highest BCUT2D eigenvalue weighted by Crippen LogP contribution is 2.37. The van der Waals surface area contributed by atoms with Crippen molar-refractivity contribution in [2.75, 3.05) is 44.5 Å². The Morgan fingerprint density at radius 2 is 1.97 bits per heavy atom. The number of hydrogen-bond acceptors (Lipinski definition) is 6. The second kappa shape index (κ2) is 11.1. The summed E-state index contributed by atoms with van der Waals surface area (Å²) in [5.41, 5.74) is 3.41. The maximum Gasteiger partial charge on any atom is 0.231 e. The van der Waals surface area contributed by atoms with Crippen LogP contribution in [-0.2, 0) is 16.1 Å². The van der Waals surface area contributed by atoms with Crippen LogP contribution in [0.25, 0.3) is 10.9 Å². The number of amides is 1. The van der Waals surface area contributed by atoms with Crippen LogP contribution in [0.1, 0.15) is 50.5 Å². The standard InChI is InChI=1S/C28H35N3O4/c1-2-3-9-27(32)31(11-10-21-7-5-4-6-8-21)19-23-16-22-17-25-26(35-20-34-25)18-24(22)29-28(23)30-12-14-33-15-13-30/h2,7,16-18H,1,3-6,8-15,19-20H2. The Kier molecular flexibility index (Phi) is 7.52. The quantitative estimate of drug-likeness (QED) is 0.475. The summed E-state index contributed by atoms with van der Waals surface area (Å²) < 4.78 is 16.8. The van der Waals surface area contributed by atoms with E-state index in [1.165, 1.54) is 18.4 Å². The van der Waals surface area contributed by atoms with Gasteiger partial charge in [-0.05, 0) is 50.7 Å². The first-order valence-electron chi connectivity index (χ1n) is 12.8. The molecule has 2 aromatic rings. The fraction of sp³-hybridized carbons (Fsp3) is 0.500. The Hall–Kier alpha value is -3.06. The fourth-order valence-corrected chi connectivity index (χ4v) is 5.05. The highest BCUT2D eigenvalue weighted by atomic mass is 16.7. The number of aromatic nitrogens is 1. The third-order valence-electron chi connectivity index (χ3n) is 7.04. The van der Waals surface area contributed by atoms with Crippen LogP contribution < -0.4 is 14.4 Å². The number of carbonyl (C=O) groups is 1. The molecule has 7 heteroatoms. The van der Waals surface area contributed by atoms with E-state index < -0.39 is 0 Å². The number of benzene rings is 1. The van der Waals surface area contributed by atoms with E-state index in [1.54, 1.807) is 0 Å². The average Bonchev–Trinajstić information content (AvgIpc) is 3.36.